The van der Waals surface area contributed by atoms with E-state index in [-0.39, 0.29) is 10.9 Å². The summed E-state index contributed by atoms with van der Waals surface area (Å²) < 4.78 is 31.5. The first kappa shape index (κ1) is 22.4. The highest BCUT2D eigenvalue weighted by Gasteiger charge is 2.31. The Bertz CT molecular complexity index is 1240. The molecule has 10 nitrogen and oxygen atoms in total. The van der Waals surface area contributed by atoms with E-state index in [4.69, 9.17) is 0 Å². The summed E-state index contributed by atoms with van der Waals surface area (Å²) >= 11 is 0. The molecule has 0 N–H and O–H groups in total. The van der Waals surface area contributed by atoms with Crippen LogP contribution < -0.4 is 4.90 Å². The summed E-state index contributed by atoms with van der Waals surface area (Å²) in [5.74, 6) is 3.12. The van der Waals surface area contributed by atoms with Crippen molar-refractivity contribution in [2.45, 2.75) is 45.6 Å². The van der Waals surface area contributed by atoms with E-state index in [2.05, 4.69) is 24.8 Å². The maximum Gasteiger partial charge on any atom is 0.262 e. The van der Waals surface area contributed by atoms with Crippen LogP contribution in [0.15, 0.2) is 23.6 Å². The Kier molecular flexibility index (Phi) is 5.80. The quantitative estimate of drug-likeness (QED) is 0.576. The molecule has 0 aliphatic carbocycles. The molecule has 0 atom stereocenters. The van der Waals surface area contributed by atoms with Crippen LogP contribution in [0.2, 0.25) is 0 Å². The van der Waals surface area contributed by atoms with Crippen LogP contribution >= 0.6 is 0 Å². The topological polar surface area (TPSA) is 102 Å². The van der Waals surface area contributed by atoms with Crippen LogP contribution in [0.4, 0.5) is 5.82 Å². The predicted octanol–water partition coefficient (Wildman–Crippen LogP) is 1.96. The van der Waals surface area contributed by atoms with Crippen LogP contribution in [0.25, 0.3) is 5.82 Å². The highest BCUT2D eigenvalue weighted by molar-refractivity contribution is 7.89. The molecular formula is C21H30N8O2S. The molecule has 3 aromatic heterocycles. The number of hydrogen-bond donors (Lipinski definition) is 0. The smallest absolute Gasteiger partial charge is 0.262 e. The molecule has 1 fully saturated rings. The molecule has 0 spiro atoms. The SMILES string of the molecule is Cc1nc(N2CCN(S(=O)(=O)c3cn(C)c(C(C)C)n3)CC2)cc(-n2cnc(C)c2C)n1. The zero-order chi connectivity index (χ0) is 23.2. The minimum absolute atomic E-state index is 0.114. The Labute approximate surface area is 189 Å². The second-order valence-corrected chi connectivity index (χ2v) is 10.4. The summed E-state index contributed by atoms with van der Waals surface area (Å²) in [5.41, 5.74) is 1.98. The summed E-state index contributed by atoms with van der Waals surface area (Å²) in [5, 5.41) is 0.114. The lowest BCUT2D eigenvalue weighted by Gasteiger charge is -2.34. The first-order valence-corrected chi connectivity index (χ1v) is 12.2. The normalized spacial score (nSPS) is 15.7. The minimum atomic E-state index is -3.64. The summed E-state index contributed by atoms with van der Waals surface area (Å²) in [6.07, 6.45) is 3.37. The van der Waals surface area contributed by atoms with Crippen molar-refractivity contribution < 1.29 is 8.42 Å². The number of aryl methyl sites for hydroxylation is 3. The molecule has 4 heterocycles. The van der Waals surface area contributed by atoms with Crippen molar-refractivity contribution in [2.75, 3.05) is 31.1 Å². The molecule has 32 heavy (non-hydrogen) atoms. The van der Waals surface area contributed by atoms with E-state index in [0.717, 1.165) is 28.8 Å². The fraction of sp³-hybridized carbons (Fsp3) is 0.524. The highest BCUT2D eigenvalue weighted by atomic mass is 32.2. The zero-order valence-corrected chi connectivity index (χ0v) is 20.3. The van der Waals surface area contributed by atoms with Crippen molar-refractivity contribution in [2.24, 2.45) is 7.05 Å². The molecular weight excluding hydrogens is 428 g/mol. The molecule has 4 rings (SSSR count). The van der Waals surface area contributed by atoms with Gasteiger partial charge >= 0.3 is 0 Å². The molecule has 1 aliphatic rings. The van der Waals surface area contributed by atoms with E-state index in [1.54, 1.807) is 17.1 Å². The summed E-state index contributed by atoms with van der Waals surface area (Å²) in [4.78, 5) is 20.0. The predicted molar refractivity (Wildman–Crippen MR) is 122 cm³/mol. The zero-order valence-electron chi connectivity index (χ0n) is 19.4. The van der Waals surface area contributed by atoms with Gasteiger partial charge in [-0.1, -0.05) is 13.8 Å². The van der Waals surface area contributed by atoms with Crippen molar-refractivity contribution in [3.8, 4) is 5.82 Å². The lowest BCUT2D eigenvalue weighted by Crippen LogP contribution is -2.49. The third-order valence-electron chi connectivity index (χ3n) is 5.88. The fourth-order valence-electron chi connectivity index (χ4n) is 3.95. The summed E-state index contributed by atoms with van der Waals surface area (Å²) in [7, 11) is -1.80. The maximum absolute atomic E-state index is 13.1. The third kappa shape index (κ3) is 4.02. The summed E-state index contributed by atoms with van der Waals surface area (Å²) in [6, 6.07) is 1.93. The van der Waals surface area contributed by atoms with Crippen LogP contribution in [-0.2, 0) is 17.1 Å². The monoisotopic (exact) mass is 458 g/mol. The number of aromatic nitrogens is 6. The highest BCUT2D eigenvalue weighted by Crippen LogP contribution is 2.23. The molecule has 0 unspecified atom stereocenters. The van der Waals surface area contributed by atoms with Gasteiger partial charge in [0.15, 0.2) is 5.03 Å². The first-order chi connectivity index (χ1) is 15.1. The van der Waals surface area contributed by atoms with Gasteiger partial charge in [0.05, 0.1) is 5.69 Å². The number of nitrogens with zero attached hydrogens (tertiary/aromatic N) is 8. The van der Waals surface area contributed by atoms with Crippen molar-refractivity contribution in [1.29, 1.82) is 0 Å². The number of anilines is 1. The Morgan fingerprint density at radius 2 is 1.62 bits per heavy atom. The van der Waals surface area contributed by atoms with E-state index in [0.29, 0.717) is 32.0 Å². The van der Waals surface area contributed by atoms with Gasteiger partial charge in [0.25, 0.3) is 10.0 Å². The lowest BCUT2D eigenvalue weighted by molar-refractivity contribution is 0.382. The number of sulfonamides is 1. The Morgan fingerprint density at radius 1 is 0.969 bits per heavy atom. The summed E-state index contributed by atoms with van der Waals surface area (Å²) in [6.45, 7) is 11.7. The number of piperazine rings is 1. The average molecular weight is 459 g/mol. The van der Waals surface area contributed by atoms with E-state index in [1.165, 1.54) is 4.31 Å². The van der Waals surface area contributed by atoms with Gasteiger partial charge in [-0.25, -0.2) is 28.4 Å². The second-order valence-electron chi connectivity index (χ2n) is 8.51. The number of rotatable bonds is 5. The molecule has 0 aromatic carbocycles. The van der Waals surface area contributed by atoms with E-state index in [1.807, 2.05) is 52.3 Å². The maximum atomic E-state index is 13.1. The van der Waals surface area contributed by atoms with Gasteiger partial charge in [-0.3, -0.25) is 4.57 Å². The van der Waals surface area contributed by atoms with Crippen molar-refractivity contribution >= 4 is 15.8 Å². The van der Waals surface area contributed by atoms with Gasteiger partial charge < -0.3 is 9.47 Å². The van der Waals surface area contributed by atoms with Gasteiger partial charge in [-0.05, 0) is 20.8 Å². The largest absolute Gasteiger partial charge is 0.354 e. The van der Waals surface area contributed by atoms with Crippen LogP contribution in [0.3, 0.4) is 0 Å². The van der Waals surface area contributed by atoms with Crippen LogP contribution in [-0.4, -0.2) is 68.0 Å². The van der Waals surface area contributed by atoms with E-state index >= 15 is 0 Å². The lowest BCUT2D eigenvalue weighted by atomic mass is 10.2. The average Bonchev–Trinajstić information content (AvgIpc) is 3.31. The molecule has 0 saturated carbocycles. The minimum Gasteiger partial charge on any atom is -0.354 e. The Hall–Kier alpha value is -2.79. The van der Waals surface area contributed by atoms with Gasteiger partial charge in [0.2, 0.25) is 0 Å². The molecule has 1 aliphatic heterocycles. The standard InChI is InChI=1S/C21H30N8O2S/c1-14(2)21-25-20(12-26(21)6)32(30,31)28-9-7-27(8-10-28)18-11-19(24-17(5)23-18)29-13-22-15(3)16(29)4/h11-14H,7-10H2,1-6H3. The molecule has 0 radical (unpaired) electrons. The third-order valence-corrected chi connectivity index (χ3v) is 7.65. The molecule has 0 amide bonds. The number of imidazole rings is 2. The van der Waals surface area contributed by atoms with Crippen molar-refractivity contribution in [3.63, 3.8) is 0 Å². The Morgan fingerprint density at radius 3 is 2.19 bits per heavy atom. The molecule has 3 aromatic rings. The molecule has 1 saturated heterocycles. The molecule has 172 valence electrons. The van der Waals surface area contributed by atoms with Gasteiger partial charge in [0.1, 0.15) is 29.6 Å². The fourth-order valence-corrected chi connectivity index (χ4v) is 5.36. The van der Waals surface area contributed by atoms with Crippen LogP contribution in [0.5, 0.6) is 0 Å². The van der Waals surface area contributed by atoms with Crippen LogP contribution in [0, 0.1) is 20.8 Å². The Balaban J connectivity index is 1.53. The van der Waals surface area contributed by atoms with Crippen LogP contribution in [0.1, 0.15) is 42.8 Å². The van der Waals surface area contributed by atoms with Gasteiger partial charge in [-0.15, -0.1) is 0 Å². The number of hydrogen-bond acceptors (Lipinski definition) is 7. The van der Waals surface area contributed by atoms with E-state index in [9.17, 15) is 8.42 Å². The van der Waals surface area contributed by atoms with Crippen molar-refractivity contribution in [1.82, 2.24) is 33.4 Å². The molecule has 0 bridgehead atoms. The van der Waals surface area contributed by atoms with Gasteiger partial charge in [0, 0.05) is 57.1 Å². The van der Waals surface area contributed by atoms with Crippen molar-refractivity contribution in [3.05, 3.63) is 41.6 Å². The first-order valence-electron chi connectivity index (χ1n) is 10.7. The second kappa shape index (κ2) is 8.28. The van der Waals surface area contributed by atoms with E-state index < -0.39 is 10.0 Å². The van der Waals surface area contributed by atoms with Gasteiger partial charge in [-0.2, -0.15) is 4.31 Å². The molecule has 11 heteroatoms.